The van der Waals surface area contributed by atoms with Crippen LogP contribution < -0.4 is 15.5 Å². The summed E-state index contributed by atoms with van der Waals surface area (Å²) in [4.78, 5) is 68.3. The third-order valence-corrected chi connectivity index (χ3v) is 15.8. The first-order chi connectivity index (χ1) is 33.1. The Bertz CT molecular complexity index is 2960. The lowest BCUT2D eigenvalue weighted by Gasteiger charge is -2.54. The van der Waals surface area contributed by atoms with Gasteiger partial charge < -0.3 is 29.3 Å². The number of aromatic nitrogens is 7. The van der Waals surface area contributed by atoms with E-state index in [1.807, 2.05) is 27.7 Å². The van der Waals surface area contributed by atoms with Crippen LogP contribution in [0.15, 0.2) is 61.2 Å². The Morgan fingerprint density at radius 2 is 1.82 bits per heavy atom. The fourth-order valence-electron chi connectivity index (χ4n) is 12.2. The highest BCUT2D eigenvalue weighted by atomic mass is 19.3. The van der Waals surface area contributed by atoms with Gasteiger partial charge in [-0.05, 0) is 112 Å². The zero-order valence-corrected chi connectivity index (χ0v) is 37.7. The normalized spacial score (nSPS) is 25.0. The number of carbonyl (C=O) groups is 4. The average Bonchev–Trinajstić information content (AvgIpc) is 4.20. The Labute approximate surface area is 390 Å². The molecule has 17 nitrogen and oxygen atoms in total. The molecule has 354 valence electrons. The summed E-state index contributed by atoms with van der Waals surface area (Å²) < 4.78 is 39.5. The van der Waals surface area contributed by atoms with E-state index < -0.39 is 24.1 Å². The van der Waals surface area contributed by atoms with Gasteiger partial charge in [0.25, 0.3) is 12.3 Å². The summed E-state index contributed by atoms with van der Waals surface area (Å²) in [5.41, 5.74) is 3.17. The lowest BCUT2D eigenvalue weighted by atomic mass is 9.71. The number of piperidine rings is 2. The standard InChI is InChI=1S/C49H54F2N12O5/c50-43(51)42-37(54-46(65)36-23-53-61-18-13-40(55-45(36)61)60-24-33-22-32(60)26-68-33)25-62(57-42)31-8-6-30(7-9-31)48(67)59-19-14-49(15-20-59)27-58(28-49)17-2-3-29-5-10-38-35(21-29)34-4-1-16-52-44(34)63(38)39-11-12-41(64)56-47(39)66/h1,4-5,10,13,16,18,21,23,25,30-33,39,43H,2-3,6-9,11-12,14-15,17,19-20,22,24,26-28H2,(H,54,65)(H,56,64,66)/t30-,31-,32-,33-,39?/m1/s1. The van der Waals surface area contributed by atoms with Gasteiger partial charge in [0.2, 0.25) is 17.7 Å². The van der Waals surface area contributed by atoms with Crippen LogP contribution in [0.25, 0.3) is 27.6 Å². The fourth-order valence-corrected chi connectivity index (χ4v) is 12.2. The minimum absolute atomic E-state index is 0.0466. The number of nitrogens with one attached hydrogen (secondary N) is 2. The second-order valence-electron chi connectivity index (χ2n) is 20.0. The smallest absolute Gasteiger partial charge is 0.284 e. The number of imide groups is 1. The number of amides is 4. The Morgan fingerprint density at radius 3 is 2.59 bits per heavy atom. The van der Waals surface area contributed by atoms with Gasteiger partial charge in [0, 0.05) is 74.4 Å². The molecule has 5 aromatic heterocycles. The molecule has 5 aliphatic heterocycles. The molecule has 2 bridgehead atoms. The van der Waals surface area contributed by atoms with E-state index in [0.717, 1.165) is 99.1 Å². The van der Waals surface area contributed by atoms with Crippen molar-refractivity contribution in [2.24, 2.45) is 11.3 Å². The summed E-state index contributed by atoms with van der Waals surface area (Å²) in [5, 5.41) is 15.8. The number of rotatable bonds is 11. The molecule has 2 N–H and O–H groups in total. The van der Waals surface area contributed by atoms with E-state index in [4.69, 9.17) is 9.72 Å². The first-order valence-electron chi connectivity index (χ1n) is 24.2. The van der Waals surface area contributed by atoms with Crippen molar-refractivity contribution in [1.82, 2.24) is 49.0 Å². The number of likely N-dealkylation sites (tertiary alicyclic amines) is 2. The molecule has 1 aliphatic carbocycles. The zero-order chi connectivity index (χ0) is 46.3. The van der Waals surface area contributed by atoms with Crippen LogP contribution in [0.3, 0.4) is 0 Å². The Hall–Kier alpha value is -6.34. The molecule has 12 rings (SSSR count). The van der Waals surface area contributed by atoms with E-state index in [2.05, 4.69) is 53.8 Å². The summed E-state index contributed by atoms with van der Waals surface area (Å²) in [6, 6.07) is 11.9. The molecule has 6 aliphatic rings. The number of pyridine rings is 1. The minimum atomic E-state index is -2.90. The van der Waals surface area contributed by atoms with Gasteiger partial charge in [0.1, 0.15) is 23.1 Å². The number of halogens is 2. The van der Waals surface area contributed by atoms with Crippen molar-refractivity contribution in [3.05, 3.63) is 78.0 Å². The molecule has 1 aromatic carbocycles. The van der Waals surface area contributed by atoms with Crippen LogP contribution in [0, 0.1) is 11.3 Å². The second kappa shape index (κ2) is 17.0. The van der Waals surface area contributed by atoms with Crippen molar-refractivity contribution in [3.8, 4) is 0 Å². The molecular weight excluding hydrogens is 875 g/mol. The van der Waals surface area contributed by atoms with Gasteiger partial charge in [-0.2, -0.15) is 10.2 Å². The molecule has 5 saturated heterocycles. The van der Waals surface area contributed by atoms with Crippen LogP contribution in [-0.2, 0) is 25.5 Å². The number of alkyl halides is 2. The maximum atomic E-state index is 14.4. The summed E-state index contributed by atoms with van der Waals surface area (Å²) >= 11 is 0. The minimum Gasteiger partial charge on any atom is -0.374 e. The van der Waals surface area contributed by atoms with Gasteiger partial charge in [-0.3, -0.25) is 29.2 Å². The van der Waals surface area contributed by atoms with E-state index in [1.165, 1.54) is 22.5 Å². The monoisotopic (exact) mass is 928 g/mol. The number of morpholine rings is 1. The predicted molar refractivity (Wildman–Crippen MR) is 246 cm³/mol. The van der Waals surface area contributed by atoms with E-state index in [9.17, 15) is 28.0 Å². The van der Waals surface area contributed by atoms with Gasteiger partial charge in [-0.25, -0.2) is 23.3 Å². The van der Waals surface area contributed by atoms with Crippen LogP contribution in [0.1, 0.15) is 104 Å². The number of fused-ring (bicyclic) bond motifs is 6. The Morgan fingerprint density at radius 1 is 0.985 bits per heavy atom. The fraction of sp³-hybridized carbons (Fsp3) is 0.510. The number of benzene rings is 1. The summed E-state index contributed by atoms with van der Waals surface area (Å²) in [6.45, 7) is 5.97. The van der Waals surface area contributed by atoms with Crippen molar-refractivity contribution >= 4 is 62.7 Å². The van der Waals surface area contributed by atoms with E-state index >= 15 is 0 Å². The summed E-state index contributed by atoms with van der Waals surface area (Å²) in [6.07, 6.45) is 11.8. The number of nitrogens with zero attached hydrogens (tertiary/aromatic N) is 10. The van der Waals surface area contributed by atoms with Gasteiger partial charge in [-0.1, -0.05) is 6.07 Å². The SMILES string of the molecule is O=C1CCC(n2c3ccc(CCCN4CC5(CCN(C(=O)[C@H]6CC[C@H](n7cc(NC(=O)c8cnn9ccc(N%10C[C@H]%11C[C@@H]%10CO%11)nc89)c(C(F)F)n7)CC6)CC5)C4)cc3c3cccnc32)C(=O)N1. The number of anilines is 2. The maximum Gasteiger partial charge on any atom is 0.284 e. The first kappa shape index (κ1) is 43.0. The van der Waals surface area contributed by atoms with Crippen LogP contribution in [0.4, 0.5) is 20.3 Å². The van der Waals surface area contributed by atoms with Gasteiger partial charge in [-0.15, -0.1) is 0 Å². The van der Waals surface area contributed by atoms with Gasteiger partial charge in [0.15, 0.2) is 11.3 Å². The van der Waals surface area contributed by atoms with Crippen LogP contribution >= 0.6 is 0 Å². The van der Waals surface area contributed by atoms with E-state index in [-0.39, 0.29) is 58.5 Å². The number of aryl methyl sites for hydroxylation is 1. The van der Waals surface area contributed by atoms with Gasteiger partial charge >= 0.3 is 0 Å². The molecule has 1 saturated carbocycles. The number of carbonyl (C=O) groups excluding carboxylic acids is 4. The van der Waals surface area contributed by atoms with Crippen molar-refractivity contribution in [3.63, 3.8) is 0 Å². The molecule has 68 heavy (non-hydrogen) atoms. The molecular formula is C49H54F2N12O5. The summed E-state index contributed by atoms with van der Waals surface area (Å²) in [5.74, 6) is -0.302. The zero-order valence-electron chi connectivity index (χ0n) is 37.7. The van der Waals surface area contributed by atoms with E-state index in [0.29, 0.717) is 50.8 Å². The third-order valence-electron chi connectivity index (χ3n) is 15.8. The highest BCUT2D eigenvalue weighted by molar-refractivity contribution is 6.09. The maximum absolute atomic E-state index is 14.4. The number of hydrogen-bond donors (Lipinski definition) is 2. The average molecular weight is 929 g/mol. The van der Waals surface area contributed by atoms with Crippen molar-refractivity contribution < 1.29 is 32.7 Å². The van der Waals surface area contributed by atoms with Crippen molar-refractivity contribution in [2.45, 2.75) is 101 Å². The quantitative estimate of drug-likeness (QED) is 0.149. The molecule has 0 radical (unpaired) electrons. The highest BCUT2D eigenvalue weighted by Gasteiger charge is 2.46. The molecule has 6 aromatic rings. The number of hydrogen-bond acceptors (Lipinski definition) is 11. The third kappa shape index (κ3) is 7.66. The predicted octanol–water partition coefficient (Wildman–Crippen LogP) is 5.86. The van der Waals surface area contributed by atoms with Crippen LogP contribution in [0.2, 0.25) is 0 Å². The van der Waals surface area contributed by atoms with Crippen LogP contribution in [-0.4, -0.2) is 125 Å². The van der Waals surface area contributed by atoms with Crippen molar-refractivity contribution in [1.29, 1.82) is 0 Å². The van der Waals surface area contributed by atoms with E-state index in [1.54, 1.807) is 17.1 Å². The molecule has 6 fully saturated rings. The first-order valence-corrected chi connectivity index (χ1v) is 24.2. The molecule has 3 atom stereocenters. The second-order valence-corrected chi connectivity index (χ2v) is 20.0. The molecule has 1 unspecified atom stereocenters. The summed E-state index contributed by atoms with van der Waals surface area (Å²) in [7, 11) is 0. The highest BCUT2D eigenvalue weighted by Crippen LogP contribution is 2.43. The van der Waals surface area contributed by atoms with Gasteiger partial charge in [0.05, 0.1) is 42.2 Å². The number of ether oxygens (including phenoxy) is 1. The lowest BCUT2D eigenvalue weighted by molar-refractivity contribution is -0.142. The Balaban J connectivity index is 0.612. The van der Waals surface area contributed by atoms with Crippen molar-refractivity contribution in [2.75, 3.05) is 56.1 Å². The topological polar surface area (TPSA) is 177 Å². The Kier molecular flexibility index (Phi) is 10.8. The molecule has 4 amide bonds. The van der Waals surface area contributed by atoms with Crippen LogP contribution in [0.5, 0.6) is 0 Å². The molecule has 19 heteroatoms. The molecule has 1 spiro atoms. The largest absolute Gasteiger partial charge is 0.374 e. The molecule has 10 heterocycles. The lowest BCUT2D eigenvalue weighted by Crippen LogP contribution is -2.61.